The highest BCUT2D eigenvalue weighted by atomic mass is 19.4. The predicted molar refractivity (Wildman–Crippen MR) is 45.9 cm³/mol. The number of ether oxygens (including phenoxy) is 2. The summed E-state index contributed by atoms with van der Waals surface area (Å²) in [6, 6.07) is 0. The molecule has 88 valence electrons. The second-order valence-electron chi connectivity index (χ2n) is 2.32. The van der Waals surface area contributed by atoms with Crippen molar-refractivity contribution in [2.75, 3.05) is 13.2 Å². The molecule has 0 fully saturated rings. The first-order chi connectivity index (χ1) is 7.37. The highest BCUT2D eigenvalue weighted by Gasteiger charge is 2.22. The number of carbonyl (C=O) groups excluding carboxylic acids is 2. The molecule has 0 atom stereocenters. The molecule has 16 heavy (non-hydrogen) atoms. The van der Waals surface area contributed by atoms with Crippen LogP contribution in [-0.4, -0.2) is 31.3 Å². The fourth-order valence-corrected chi connectivity index (χ4v) is 0.531. The second-order valence-corrected chi connectivity index (χ2v) is 2.32. The maximum Gasteiger partial charge on any atom is 0.418 e. The number of halogens is 3. The number of rotatable bonds is 3. The van der Waals surface area contributed by atoms with Crippen LogP contribution in [0.3, 0.4) is 0 Å². The quantitative estimate of drug-likeness (QED) is 0.315. The average Bonchev–Trinajstić information content (AvgIpc) is 2.19. The Morgan fingerprint density at radius 1 is 1.25 bits per heavy atom. The van der Waals surface area contributed by atoms with Gasteiger partial charge in [0.25, 0.3) is 0 Å². The zero-order valence-corrected chi connectivity index (χ0v) is 7.91. The van der Waals surface area contributed by atoms with Crippen molar-refractivity contribution in [1.82, 2.24) is 0 Å². The Kier molecular flexibility index (Phi) is 5.70. The van der Waals surface area contributed by atoms with E-state index in [1.807, 2.05) is 5.92 Å². The van der Waals surface area contributed by atoms with E-state index in [2.05, 4.69) is 9.47 Å². The van der Waals surface area contributed by atoms with Crippen molar-refractivity contribution in [3.63, 3.8) is 0 Å². The topological polar surface area (TPSA) is 52.6 Å². The van der Waals surface area contributed by atoms with E-state index in [1.54, 1.807) is 0 Å². The van der Waals surface area contributed by atoms with Gasteiger partial charge >= 0.3 is 18.1 Å². The minimum atomic E-state index is -4.49. The van der Waals surface area contributed by atoms with Gasteiger partial charge in [0.2, 0.25) is 0 Å². The maximum atomic E-state index is 11.6. The third kappa shape index (κ3) is 7.44. The van der Waals surface area contributed by atoms with Gasteiger partial charge in [-0.3, -0.25) is 0 Å². The first kappa shape index (κ1) is 14.0. The molecule has 0 aliphatic rings. The van der Waals surface area contributed by atoms with Gasteiger partial charge in [0.05, 0.1) is 0 Å². The van der Waals surface area contributed by atoms with Crippen LogP contribution in [0.2, 0.25) is 0 Å². The highest BCUT2D eigenvalue weighted by molar-refractivity contribution is 6.29. The molecule has 0 rings (SSSR count). The summed E-state index contributed by atoms with van der Waals surface area (Å²) in [5.41, 5.74) is 0. The SMILES string of the molecule is C#CCOC(=O)C(=O)OC/C=C/C(F)(F)F. The van der Waals surface area contributed by atoms with E-state index >= 15 is 0 Å². The van der Waals surface area contributed by atoms with Crippen LogP contribution in [0.4, 0.5) is 13.2 Å². The van der Waals surface area contributed by atoms with Gasteiger partial charge in [-0.05, 0) is 6.08 Å². The monoisotopic (exact) mass is 236 g/mol. The molecule has 0 aromatic heterocycles. The van der Waals surface area contributed by atoms with Crippen molar-refractivity contribution in [2.45, 2.75) is 6.18 Å². The van der Waals surface area contributed by atoms with Crippen LogP contribution in [-0.2, 0) is 19.1 Å². The fourth-order valence-electron chi connectivity index (χ4n) is 0.531. The van der Waals surface area contributed by atoms with E-state index in [0.29, 0.717) is 6.08 Å². The molecule has 0 amide bonds. The van der Waals surface area contributed by atoms with Crippen LogP contribution in [0.1, 0.15) is 0 Å². The highest BCUT2D eigenvalue weighted by Crippen LogP contribution is 2.15. The Hall–Kier alpha value is -1.97. The molecule has 0 aromatic rings. The number of alkyl halides is 3. The van der Waals surface area contributed by atoms with Crippen LogP contribution in [0.5, 0.6) is 0 Å². The molecule has 0 saturated heterocycles. The number of hydrogen-bond acceptors (Lipinski definition) is 4. The van der Waals surface area contributed by atoms with Gasteiger partial charge in [-0.2, -0.15) is 13.2 Å². The summed E-state index contributed by atoms with van der Waals surface area (Å²) in [6.07, 6.45) is 0.671. The minimum absolute atomic E-state index is 0.118. The van der Waals surface area contributed by atoms with E-state index in [1.165, 1.54) is 0 Å². The number of terminal acetylenes is 1. The van der Waals surface area contributed by atoms with E-state index in [-0.39, 0.29) is 6.08 Å². The largest absolute Gasteiger partial charge is 0.453 e. The summed E-state index contributed by atoms with van der Waals surface area (Å²) >= 11 is 0. The molecule has 0 heterocycles. The Labute approximate surface area is 89.0 Å². The van der Waals surface area contributed by atoms with Gasteiger partial charge in [0.15, 0.2) is 6.61 Å². The second kappa shape index (κ2) is 6.50. The maximum absolute atomic E-state index is 11.6. The van der Waals surface area contributed by atoms with Gasteiger partial charge in [0, 0.05) is 6.08 Å². The van der Waals surface area contributed by atoms with Crippen molar-refractivity contribution >= 4 is 11.9 Å². The minimum Gasteiger partial charge on any atom is -0.453 e. The lowest BCUT2D eigenvalue weighted by molar-refractivity contribution is -0.166. The van der Waals surface area contributed by atoms with E-state index in [4.69, 9.17) is 6.42 Å². The predicted octanol–water partition coefficient (Wildman–Crippen LogP) is 0.824. The average molecular weight is 236 g/mol. The van der Waals surface area contributed by atoms with Crippen LogP contribution < -0.4 is 0 Å². The van der Waals surface area contributed by atoms with Crippen molar-refractivity contribution in [1.29, 1.82) is 0 Å². The summed E-state index contributed by atoms with van der Waals surface area (Å²) in [6.45, 7) is -1.09. The summed E-state index contributed by atoms with van der Waals surface area (Å²) in [4.78, 5) is 21.3. The molecule has 0 aliphatic carbocycles. The first-order valence-corrected chi connectivity index (χ1v) is 3.88. The van der Waals surface area contributed by atoms with Gasteiger partial charge in [-0.1, -0.05) is 5.92 Å². The standard InChI is InChI=1S/C9H7F3O4/c1-2-5-15-7(13)8(14)16-6-3-4-9(10,11)12/h1,3-4H,5-6H2/b4-3+. The van der Waals surface area contributed by atoms with Gasteiger partial charge < -0.3 is 9.47 Å². The Balaban J connectivity index is 3.87. The summed E-state index contributed by atoms with van der Waals surface area (Å²) in [5, 5.41) is 0. The summed E-state index contributed by atoms with van der Waals surface area (Å²) in [5.74, 6) is -0.823. The smallest absolute Gasteiger partial charge is 0.418 e. The molecule has 7 heteroatoms. The molecule has 0 radical (unpaired) electrons. The summed E-state index contributed by atoms with van der Waals surface area (Å²) in [7, 11) is 0. The lowest BCUT2D eigenvalue weighted by Gasteiger charge is -2.01. The fraction of sp³-hybridized carbons (Fsp3) is 0.333. The van der Waals surface area contributed by atoms with E-state index in [0.717, 1.165) is 0 Å². The molecule has 0 unspecified atom stereocenters. The molecule has 0 aliphatic heterocycles. The van der Waals surface area contributed by atoms with Gasteiger partial charge in [-0.15, -0.1) is 6.42 Å². The van der Waals surface area contributed by atoms with Crippen LogP contribution in [0.15, 0.2) is 12.2 Å². The lowest BCUT2D eigenvalue weighted by Crippen LogP contribution is -2.20. The zero-order chi connectivity index (χ0) is 12.6. The third-order valence-corrected chi connectivity index (χ3v) is 1.07. The molecule has 0 spiro atoms. The molecule has 0 N–H and O–H groups in total. The summed E-state index contributed by atoms with van der Waals surface area (Å²) < 4.78 is 43.0. The Morgan fingerprint density at radius 3 is 2.31 bits per heavy atom. The molecular weight excluding hydrogens is 229 g/mol. The number of allylic oxidation sites excluding steroid dienone is 1. The van der Waals surface area contributed by atoms with E-state index in [9.17, 15) is 22.8 Å². The third-order valence-electron chi connectivity index (χ3n) is 1.07. The van der Waals surface area contributed by atoms with Crippen LogP contribution in [0.25, 0.3) is 0 Å². The molecule has 0 saturated carbocycles. The molecule has 4 nitrogen and oxygen atoms in total. The number of carbonyl (C=O) groups is 2. The van der Waals surface area contributed by atoms with Crippen molar-refractivity contribution in [3.8, 4) is 12.3 Å². The zero-order valence-electron chi connectivity index (χ0n) is 7.91. The Bertz CT molecular complexity index is 325. The number of esters is 2. The lowest BCUT2D eigenvalue weighted by atomic mass is 10.5. The van der Waals surface area contributed by atoms with Crippen LogP contribution >= 0.6 is 0 Å². The normalized spacial score (nSPS) is 10.9. The Morgan fingerprint density at radius 2 is 1.81 bits per heavy atom. The molecule has 0 aromatic carbocycles. The molecule has 0 bridgehead atoms. The van der Waals surface area contributed by atoms with Crippen molar-refractivity contribution in [2.24, 2.45) is 0 Å². The van der Waals surface area contributed by atoms with Crippen molar-refractivity contribution in [3.05, 3.63) is 12.2 Å². The number of hydrogen-bond donors (Lipinski definition) is 0. The first-order valence-electron chi connectivity index (χ1n) is 3.88. The molecular formula is C9H7F3O4. The van der Waals surface area contributed by atoms with Gasteiger partial charge in [0.1, 0.15) is 6.61 Å². The van der Waals surface area contributed by atoms with E-state index < -0.39 is 31.3 Å². The van der Waals surface area contributed by atoms with Gasteiger partial charge in [-0.25, -0.2) is 9.59 Å². The van der Waals surface area contributed by atoms with Crippen LogP contribution in [0, 0.1) is 12.3 Å². The van der Waals surface area contributed by atoms with Crippen molar-refractivity contribution < 1.29 is 32.2 Å².